The van der Waals surface area contributed by atoms with Crippen molar-refractivity contribution in [2.24, 2.45) is 7.05 Å². The Kier molecular flexibility index (Phi) is 3.06. The van der Waals surface area contributed by atoms with Crippen molar-refractivity contribution >= 4 is 5.91 Å². The molecule has 3 heterocycles. The average molecular weight is 259 g/mol. The molecule has 3 rings (SSSR count). The molecule has 0 bridgehead atoms. The minimum atomic E-state index is 0.0570. The van der Waals surface area contributed by atoms with Crippen LogP contribution in [0, 0.1) is 0 Å². The molecule has 1 unspecified atom stereocenters. The lowest BCUT2D eigenvalue weighted by atomic mass is 10.1. The molecular formula is C13H17N5O. The summed E-state index contributed by atoms with van der Waals surface area (Å²) in [7, 11) is 1.85. The fraction of sp³-hybridized carbons (Fsp3) is 0.462. The molecule has 2 aromatic heterocycles. The van der Waals surface area contributed by atoms with Gasteiger partial charge in [0.25, 0.3) is 0 Å². The third-order valence-electron chi connectivity index (χ3n) is 3.42. The molecule has 2 aromatic rings. The third kappa shape index (κ3) is 2.67. The molecule has 0 aromatic carbocycles. The van der Waals surface area contributed by atoms with E-state index in [2.05, 4.69) is 20.0 Å². The van der Waals surface area contributed by atoms with Crippen molar-refractivity contribution in [3.8, 4) is 0 Å². The molecule has 6 heteroatoms. The Morgan fingerprint density at radius 2 is 2.47 bits per heavy atom. The number of carbonyl (C=O) groups excluding carboxylic acids is 1. The maximum absolute atomic E-state index is 12.0. The van der Waals surface area contributed by atoms with Crippen LogP contribution in [0.25, 0.3) is 0 Å². The minimum absolute atomic E-state index is 0.0570. The summed E-state index contributed by atoms with van der Waals surface area (Å²) in [6.07, 6.45) is 9.65. The highest BCUT2D eigenvalue weighted by molar-refractivity contribution is 5.78. The summed E-state index contributed by atoms with van der Waals surface area (Å²) in [4.78, 5) is 16.2. The fourth-order valence-corrected chi connectivity index (χ4v) is 2.51. The number of carbonyl (C=O) groups is 1. The lowest BCUT2D eigenvalue weighted by molar-refractivity contribution is -0.121. The number of hydrogen-bond donors (Lipinski definition) is 1. The molecule has 100 valence electrons. The number of nitrogens with one attached hydrogen (secondary N) is 1. The number of imidazole rings is 1. The van der Waals surface area contributed by atoms with Crippen molar-refractivity contribution in [3.63, 3.8) is 0 Å². The van der Waals surface area contributed by atoms with Crippen LogP contribution in [0.5, 0.6) is 0 Å². The Balaban J connectivity index is 1.56. The van der Waals surface area contributed by atoms with Crippen LogP contribution in [0.3, 0.4) is 0 Å². The lowest BCUT2D eigenvalue weighted by Gasteiger charge is -2.24. The van der Waals surface area contributed by atoms with E-state index < -0.39 is 0 Å². The molecule has 0 saturated heterocycles. The highest BCUT2D eigenvalue weighted by atomic mass is 16.1. The van der Waals surface area contributed by atoms with Gasteiger partial charge in [0.05, 0.1) is 12.6 Å². The van der Waals surface area contributed by atoms with Gasteiger partial charge < -0.3 is 9.88 Å². The number of aryl methyl sites for hydroxylation is 2. The van der Waals surface area contributed by atoms with Crippen LogP contribution < -0.4 is 5.32 Å². The molecule has 0 fully saturated rings. The van der Waals surface area contributed by atoms with Gasteiger partial charge in [-0.15, -0.1) is 0 Å². The first kappa shape index (κ1) is 12.0. The monoisotopic (exact) mass is 259 g/mol. The van der Waals surface area contributed by atoms with Gasteiger partial charge in [0, 0.05) is 44.6 Å². The van der Waals surface area contributed by atoms with Gasteiger partial charge in [0.2, 0.25) is 5.91 Å². The van der Waals surface area contributed by atoms with Crippen LogP contribution in [0.2, 0.25) is 0 Å². The first-order chi connectivity index (χ1) is 9.20. The van der Waals surface area contributed by atoms with Gasteiger partial charge >= 0.3 is 0 Å². The number of amides is 1. The topological polar surface area (TPSA) is 64.7 Å². The predicted octanol–water partition coefficient (Wildman–Crippen LogP) is 0.290. The molecule has 19 heavy (non-hydrogen) atoms. The summed E-state index contributed by atoms with van der Waals surface area (Å²) in [5.41, 5.74) is 0.944. The van der Waals surface area contributed by atoms with E-state index in [1.54, 1.807) is 10.9 Å². The molecule has 0 radical (unpaired) electrons. The molecule has 1 N–H and O–H groups in total. The summed E-state index contributed by atoms with van der Waals surface area (Å²) in [6, 6.07) is 0.200. The molecule has 1 atom stereocenters. The zero-order valence-corrected chi connectivity index (χ0v) is 10.9. The van der Waals surface area contributed by atoms with E-state index in [0.717, 1.165) is 30.8 Å². The standard InChI is InChI=1S/C13H17N5O/c1-17-8-10(7-15-17)6-13(19)16-11-2-3-12-14-4-5-18(12)9-11/h4-5,7-8,11H,2-3,6,9H2,1H3,(H,16,19). The molecule has 6 nitrogen and oxygen atoms in total. The normalized spacial score (nSPS) is 18.1. The Morgan fingerprint density at radius 1 is 1.58 bits per heavy atom. The van der Waals surface area contributed by atoms with E-state index in [9.17, 15) is 4.79 Å². The fourth-order valence-electron chi connectivity index (χ4n) is 2.51. The van der Waals surface area contributed by atoms with E-state index in [1.165, 1.54) is 0 Å². The highest BCUT2D eigenvalue weighted by Gasteiger charge is 2.20. The molecule has 0 saturated carbocycles. The quantitative estimate of drug-likeness (QED) is 0.861. The Labute approximate surface area is 111 Å². The van der Waals surface area contributed by atoms with E-state index in [4.69, 9.17) is 0 Å². The number of hydrogen-bond acceptors (Lipinski definition) is 3. The third-order valence-corrected chi connectivity index (χ3v) is 3.42. The van der Waals surface area contributed by atoms with Gasteiger partial charge in [-0.05, 0) is 12.0 Å². The maximum atomic E-state index is 12.0. The van der Waals surface area contributed by atoms with Crippen molar-refractivity contribution in [2.45, 2.75) is 31.8 Å². The Hall–Kier alpha value is -2.11. The zero-order valence-electron chi connectivity index (χ0n) is 10.9. The molecule has 1 aliphatic rings. The summed E-state index contributed by atoms with van der Waals surface area (Å²) < 4.78 is 3.82. The second-order valence-corrected chi connectivity index (χ2v) is 5.00. The summed E-state index contributed by atoms with van der Waals surface area (Å²) >= 11 is 0. The Bertz CT molecular complexity index is 585. The van der Waals surface area contributed by atoms with Crippen LogP contribution in [-0.2, 0) is 31.2 Å². The van der Waals surface area contributed by atoms with Gasteiger partial charge in [-0.3, -0.25) is 9.48 Å². The van der Waals surface area contributed by atoms with Gasteiger partial charge in [-0.1, -0.05) is 0 Å². The SMILES string of the molecule is Cn1cc(CC(=O)NC2CCc3nccn3C2)cn1. The lowest BCUT2D eigenvalue weighted by Crippen LogP contribution is -2.41. The second kappa shape index (κ2) is 4.87. The number of nitrogens with zero attached hydrogens (tertiary/aromatic N) is 4. The molecular weight excluding hydrogens is 242 g/mol. The van der Waals surface area contributed by atoms with Gasteiger partial charge in [-0.2, -0.15) is 5.10 Å². The first-order valence-electron chi connectivity index (χ1n) is 6.47. The van der Waals surface area contributed by atoms with E-state index in [0.29, 0.717) is 6.42 Å². The van der Waals surface area contributed by atoms with E-state index >= 15 is 0 Å². The summed E-state index contributed by atoms with van der Waals surface area (Å²) in [5.74, 6) is 1.17. The smallest absolute Gasteiger partial charge is 0.224 e. The number of fused-ring (bicyclic) bond motifs is 1. The van der Waals surface area contributed by atoms with E-state index in [-0.39, 0.29) is 11.9 Å². The van der Waals surface area contributed by atoms with Crippen molar-refractivity contribution in [2.75, 3.05) is 0 Å². The maximum Gasteiger partial charge on any atom is 0.224 e. The van der Waals surface area contributed by atoms with Crippen molar-refractivity contribution in [1.82, 2.24) is 24.6 Å². The van der Waals surface area contributed by atoms with Crippen LogP contribution in [0.15, 0.2) is 24.8 Å². The Morgan fingerprint density at radius 3 is 3.26 bits per heavy atom. The molecule has 1 amide bonds. The second-order valence-electron chi connectivity index (χ2n) is 5.00. The van der Waals surface area contributed by atoms with Gasteiger partial charge in [0.1, 0.15) is 5.82 Å². The van der Waals surface area contributed by atoms with E-state index in [1.807, 2.05) is 25.6 Å². The largest absolute Gasteiger partial charge is 0.351 e. The number of rotatable bonds is 3. The van der Waals surface area contributed by atoms with Crippen molar-refractivity contribution in [1.29, 1.82) is 0 Å². The predicted molar refractivity (Wildman–Crippen MR) is 69.4 cm³/mol. The highest BCUT2D eigenvalue weighted by Crippen LogP contribution is 2.13. The minimum Gasteiger partial charge on any atom is -0.351 e. The number of aromatic nitrogens is 4. The van der Waals surface area contributed by atoms with Crippen molar-refractivity contribution < 1.29 is 4.79 Å². The molecule has 0 spiro atoms. The van der Waals surface area contributed by atoms with Crippen LogP contribution in [-0.4, -0.2) is 31.3 Å². The van der Waals surface area contributed by atoms with Crippen molar-refractivity contribution in [3.05, 3.63) is 36.2 Å². The summed E-state index contributed by atoms with van der Waals surface area (Å²) in [5, 5.41) is 7.15. The zero-order chi connectivity index (χ0) is 13.2. The van der Waals surface area contributed by atoms with Crippen LogP contribution in [0.1, 0.15) is 17.8 Å². The van der Waals surface area contributed by atoms with Gasteiger partial charge in [-0.25, -0.2) is 4.98 Å². The van der Waals surface area contributed by atoms with Crippen LogP contribution in [0.4, 0.5) is 0 Å². The summed E-state index contributed by atoms with van der Waals surface area (Å²) in [6.45, 7) is 0.814. The van der Waals surface area contributed by atoms with Crippen LogP contribution >= 0.6 is 0 Å². The average Bonchev–Trinajstić information content (AvgIpc) is 2.97. The molecule has 0 aliphatic carbocycles. The molecule has 1 aliphatic heterocycles. The van der Waals surface area contributed by atoms with Gasteiger partial charge in [0.15, 0.2) is 0 Å². The first-order valence-corrected chi connectivity index (χ1v) is 6.47.